The SMILES string of the molecule is Cc1c(C(=O)NC2CC3CCC(C2)N3)nnn1-c1ccc2ncccc2c1. The van der Waals surface area contributed by atoms with Gasteiger partial charge in [-0.25, -0.2) is 4.68 Å². The van der Waals surface area contributed by atoms with Crippen LogP contribution in [-0.2, 0) is 0 Å². The number of pyridine rings is 1. The van der Waals surface area contributed by atoms with Crippen molar-refractivity contribution < 1.29 is 4.79 Å². The number of aromatic nitrogens is 4. The maximum Gasteiger partial charge on any atom is 0.273 e. The minimum absolute atomic E-state index is 0.132. The second-order valence-corrected chi connectivity index (χ2v) is 7.60. The average Bonchev–Trinajstić information content (AvgIpc) is 3.23. The number of rotatable bonds is 3. The molecular formula is C20H22N6O. The fourth-order valence-electron chi connectivity index (χ4n) is 4.41. The Kier molecular flexibility index (Phi) is 3.89. The van der Waals surface area contributed by atoms with Crippen molar-refractivity contribution in [2.24, 2.45) is 0 Å². The minimum atomic E-state index is -0.132. The zero-order valence-corrected chi connectivity index (χ0v) is 15.2. The van der Waals surface area contributed by atoms with E-state index in [9.17, 15) is 4.79 Å². The molecule has 0 radical (unpaired) electrons. The van der Waals surface area contributed by atoms with E-state index < -0.39 is 0 Å². The number of hydrogen-bond donors (Lipinski definition) is 2. The van der Waals surface area contributed by atoms with Crippen LogP contribution in [0.4, 0.5) is 0 Å². The van der Waals surface area contributed by atoms with Gasteiger partial charge in [0.05, 0.1) is 16.9 Å². The number of amides is 1. The summed E-state index contributed by atoms with van der Waals surface area (Å²) in [6.07, 6.45) is 6.18. The summed E-state index contributed by atoms with van der Waals surface area (Å²) >= 11 is 0. The first-order valence-corrected chi connectivity index (χ1v) is 9.52. The van der Waals surface area contributed by atoms with Crippen molar-refractivity contribution in [3.63, 3.8) is 0 Å². The fourth-order valence-corrected chi connectivity index (χ4v) is 4.41. The predicted molar refractivity (Wildman–Crippen MR) is 102 cm³/mol. The highest BCUT2D eigenvalue weighted by atomic mass is 16.2. The molecule has 2 aliphatic heterocycles. The second kappa shape index (κ2) is 6.42. The molecule has 2 atom stereocenters. The summed E-state index contributed by atoms with van der Waals surface area (Å²) in [5.74, 6) is -0.132. The Morgan fingerprint density at radius 2 is 2.04 bits per heavy atom. The molecule has 2 aromatic heterocycles. The monoisotopic (exact) mass is 362 g/mol. The molecule has 2 N–H and O–H groups in total. The maximum absolute atomic E-state index is 12.8. The Labute approximate surface area is 157 Å². The Morgan fingerprint density at radius 1 is 1.22 bits per heavy atom. The summed E-state index contributed by atoms with van der Waals surface area (Å²) in [7, 11) is 0. The topological polar surface area (TPSA) is 84.7 Å². The highest BCUT2D eigenvalue weighted by Gasteiger charge is 2.34. The molecule has 1 amide bonds. The fraction of sp³-hybridized carbons (Fsp3) is 0.400. The summed E-state index contributed by atoms with van der Waals surface area (Å²) in [6, 6.07) is 11.1. The summed E-state index contributed by atoms with van der Waals surface area (Å²) in [5.41, 5.74) is 2.94. The number of nitrogens with one attached hydrogen (secondary N) is 2. The molecule has 2 unspecified atom stereocenters. The molecule has 2 saturated heterocycles. The molecule has 7 heteroatoms. The predicted octanol–water partition coefficient (Wildman–Crippen LogP) is 2.14. The normalized spacial score (nSPS) is 24.3. The summed E-state index contributed by atoms with van der Waals surface area (Å²) < 4.78 is 1.72. The van der Waals surface area contributed by atoms with Crippen LogP contribution >= 0.6 is 0 Å². The number of carbonyl (C=O) groups excluding carboxylic acids is 1. The van der Waals surface area contributed by atoms with E-state index in [-0.39, 0.29) is 11.9 Å². The second-order valence-electron chi connectivity index (χ2n) is 7.60. The van der Waals surface area contributed by atoms with Gasteiger partial charge >= 0.3 is 0 Å². The standard InChI is InChI=1S/C20H22N6O/c1-12-19(20(27)23-16-10-14-4-5-15(11-16)22-14)24-25-26(12)17-6-7-18-13(9-17)3-2-8-21-18/h2-3,6-9,14-16,22H,4-5,10-11H2,1H3,(H,23,27). The number of carbonyl (C=O) groups is 1. The quantitative estimate of drug-likeness (QED) is 0.746. The molecule has 7 nitrogen and oxygen atoms in total. The van der Waals surface area contributed by atoms with Crippen LogP contribution in [0, 0.1) is 6.92 Å². The Hall–Kier alpha value is -2.80. The lowest BCUT2D eigenvalue weighted by Crippen LogP contribution is -2.48. The van der Waals surface area contributed by atoms with Gasteiger partial charge in [0.1, 0.15) is 0 Å². The van der Waals surface area contributed by atoms with Gasteiger partial charge in [0, 0.05) is 29.7 Å². The van der Waals surface area contributed by atoms with Crippen LogP contribution < -0.4 is 10.6 Å². The van der Waals surface area contributed by atoms with Gasteiger partial charge in [0.25, 0.3) is 5.91 Å². The maximum atomic E-state index is 12.8. The van der Waals surface area contributed by atoms with Crippen molar-refractivity contribution in [2.45, 2.75) is 50.7 Å². The first kappa shape index (κ1) is 16.4. The third kappa shape index (κ3) is 2.98. The van der Waals surface area contributed by atoms with Crippen molar-refractivity contribution in [1.29, 1.82) is 0 Å². The molecule has 4 heterocycles. The molecule has 2 bridgehead atoms. The van der Waals surface area contributed by atoms with Crippen LogP contribution in [0.2, 0.25) is 0 Å². The summed E-state index contributed by atoms with van der Waals surface area (Å²) in [5, 5.41) is 16.2. The largest absolute Gasteiger partial charge is 0.348 e. The van der Waals surface area contributed by atoms with Gasteiger partial charge in [-0.15, -0.1) is 5.10 Å². The minimum Gasteiger partial charge on any atom is -0.348 e. The van der Waals surface area contributed by atoms with Gasteiger partial charge in [0.15, 0.2) is 5.69 Å². The van der Waals surface area contributed by atoms with E-state index in [1.165, 1.54) is 12.8 Å². The van der Waals surface area contributed by atoms with Crippen LogP contribution in [0.5, 0.6) is 0 Å². The third-order valence-corrected chi connectivity index (χ3v) is 5.75. The molecular weight excluding hydrogens is 340 g/mol. The van der Waals surface area contributed by atoms with Gasteiger partial charge in [-0.2, -0.15) is 0 Å². The lowest BCUT2D eigenvalue weighted by atomic mass is 9.99. The van der Waals surface area contributed by atoms with Gasteiger partial charge < -0.3 is 10.6 Å². The Balaban J connectivity index is 1.38. The van der Waals surface area contributed by atoms with Crippen LogP contribution in [0.25, 0.3) is 16.6 Å². The third-order valence-electron chi connectivity index (χ3n) is 5.75. The summed E-state index contributed by atoms with van der Waals surface area (Å²) in [4.78, 5) is 17.1. The smallest absolute Gasteiger partial charge is 0.273 e. The van der Waals surface area contributed by atoms with E-state index in [0.717, 1.165) is 35.1 Å². The number of hydrogen-bond acceptors (Lipinski definition) is 5. The van der Waals surface area contributed by atoms with E-state index >= 15 is 0 Å². The van der Waals surface area contributed by atoms with Gasteiger partial charge in [-0.1, -0.05) is 11.3 Å². The van der Waals surface area contributed by atoms with E-state index in [0.29, 0.717) is 17.8 Å². The molecule has 27 heavy (non-hydrogen) atoms. The number of fused-ring (bicyclic) bond motifs is 3. The molecule has 2 fully saturated rings. The van der Waals surface area contributed by atoms with E-state index in [1.54, 1.807) is 10.9 Å². The van der Waals surface area contributed by atoms with Gasteiger partial charge in [0.2, 0.25) is 0 Å². The zero-order valence-electron chi connectivity index (χ0n) is 15.2. The molecule has 2 aliphatic rings. The van der Waals surface area contributed by atoms with Crippen LogP contribution in [-0.4, -0.2) is 44.0 Å². The molecule has 0 aliphatic carbocycles. The summed E-state index contributed by atoms with van der Waals surface area (Å²) in [6.45, 7) is 1.88. The first-order valence-electron chi connectivity index (χ1n) is 9.52. The number of piperidine rings is 1. The molecule has 5 rings (SSSR count). The lowest BCUT2D eigenvalue weighted by molar-refractivity contribution is 0.0918. The molecule has 1 aromatic carbocycles. The van der Waals surface area contributed by atoms with Crippen LogP contribution in [0.1, 0.15) is 41.9 Å². The first-order chi connectivity index (χ1) is 13.2. The highest BCUT2D eigenvalue weighted by Crippen LogP contribution is 2.27. The van der Waals surface area contributed by atoms with E-state index in [4.69, 9.17) is 0 Å². The van der Waals surface area contributed by atoms with Crippen molar-refractivity contribution in [2.75, 3.05) is 0 Å². The zero-order chi connectivity index (χ0) is 18.4. The number of benzene rings is 1. The van der Waals surface area contributed by atoms with Crippen LogP contribution in [0.15, 0.2) is 36.5 Å². The Morgan fingerprint density at radius 3 is 2.85 bits per heavy atom. The molecule has 3 aromatic rings. The van der Waals surface area contributed by atoms with E-state index in [2.05, 4.69) is 25.9 Å². The van der Waals surface area contributed by atoms with Crippen molar-refractivity contribution in [3.05, 3.63) is 47.9 Å². The molecule has 0 spiro atoms. The van der Waals surface area contributed by atoms with Crippen molar-refractivity contribution >= 4 is 16.8 Å². The molecule has 138 valence electrons. The Bertz CT molecular complexity index is 1000. The van der Waals surface area contributed by atoms with Crippen LogP contribution in [0.3, 0.4) is 0 Å². The van der Waals surface area contributed by atoms with Crippen molar-refractivity contribution in [1.82, 2.24) is 30.6 Å². The molecule has 0 saturated carbocycles. The van der Waals surface area contributed by atoms with E-state index in [1.807, 2.05) is 37.3 Å². The number of nitrogens with zero attached hydrogens (tertiary/aromatic N) is 4. The highest BCUT2D eigenvalue weighted by molar-refractivity contribution is 5.93. The lowest BCUT2D eigenvalue weighted by Gasteiger charge is -2.29. The van der Waals surface area contributed by atoms with Gasteiger partial charge in [-0.3, -0.25) is 9.78 Å². The van der Waals surface area contributed by atoms with Gasteiger partial charge in [-0.05, 0) is 56.9 Å². The average molecular weight is 362 g/mol. The van der Waals surface area contributed by atoms with Crippen molar-refractivity contribution in [3.8, 4) is 5.69 Å².